The molecule has 0 unspecified atom stereocenters. The Morgan fingerprint density at radius 1 is 1.27 bits per heavy atom. The maximum Gasteiger partial charge on any atom is 0.341 e. The maximum absolute atomic E-state index is 12.1. The molecule has 7 heteroatoms. The van der Waals surface area contributed by atoms with Crippen LogP contribution in [-0.2, 0) is 19.1 Å². The molecule has 0 aromatic carbocycles. The number of carbonyl (C=O) groups is 3. The molecule has 0 bridgehead atoms. The van der Waals surface area contributed by atoms with Gasteiger partial charge in [-0.05, 0) is 36.6 Å². The molecule has 0 radical (unpaired) electrons. The van der Waals surface area contributed by atoms with Gasteiger partial charge in [-0.3, -0.25) is 9.59 Å². The lowest BCUT2D eigenvalue weighted by Gasteiger charge is -2.08. The molecule has 1 aromatic rings. The fourth-order valence-corrected chi connectivity index (χ4v) is 3.03. The summed E-state index contributed by atoms with van der Waals surface area (Å²) in [5.41, 5.74) is 1.37. The molecule has 2 rings (SSSR count). The Bertz CT molecular complexity index is 576. The van der Waals surface area contributed by atoms with E-state index in [1.807, 2.05) is 5.38 Å². The summed E-state index contributed by atoms with van der Waals surface area (Å²) in [5.74, 6) is -0.951. The zero-order valence-electron chi connectivity index (χ0n) is 12.6. The summed E-state index contributed by atoms with van der Waals surface area (Å²) in [7, 11) is 0. The zero-order valence-corrected chi connectivity index (χ0v) is 13.5. The van der Waals surface area contributed by atoms with Gasteiger partial charge in [-0.1, -0.05) is 6.92 Å². The van der Waals surface area contributed by atoms with Crippen LogP contribution in [-0.4, -0.2) is 31.1 Å². The molecule has 1 aliphatic carbocycles. The first kappa shape index (κ1) is 16.5. The zero-order chi connectivity index (χ0) is 16.1. The molecule has 0 atom stereocenters. The Hall–Kier alpha value is -1.89. The van der Waals surface area contributed by atoms with Crippen LogP contribution in [0.25, 0.3) is 0 Å². The number of thiophene rings is 1. The van der Waals surface area contributed by atoms with Crippen molar-refractivity contribution in [2.75, 3.05) is 18.5 Å². The van der Waals surface area contributed by atoms with Crippen LogP contribution in [0.3, 0.4) is 0 Å². The number of carbonyl (C=O) groups excluding carboxylic acids is 3. The molecule has 1 heterocycles. The number of anilines is 1. The van der Waals surface area contributed by atoms with E-state index in [1.54, 1.807) is 13.8 Å². The van der Waals surface area contributed by atoms with Crippen molar-refractivity contribution in [2.24, 2.45) is 0 Å². The van der Waals surface area contributed by atoms with Gasteiger partial charge in [0.25, 0.3) is 5.91 Å². The lowest BCUT2D eigenvalue weighted by atomic mass is 10.1. The second kappa shape index (κ2) is 7.40. The number of nitrogens with one attached hydrogen (secondary N) is 1. The van der Waals surface area contributed by atoms with Gasteiger partial charge < -0.3 is 14.8 Å². The van der Waals surface area contributed by atoms with Crippen LogP contribution in [0.1, 0.15) is 54.9 Å². The van der Waals surface area contributed by atoms with Crippen LogP contribution in [0.15, 0.2) is 5.38 Å². The maximum atomic E-state index is 12.1. The van der Waals surface area contributed by atoms with Crippen LogP contribution >= 0.6 is 11.3 Å². The van der Waals surface area contributed by atoms with E-state index in [1.165, 1.54) is 11.3 Å². The van der Waals surface area contributed by atoms with Crippen molar-refractivity contribution in [3.8, 4) is 0 Å². The molecule has 120 valence electrons. The smallest absolute Gasteiger partial charge is 0.341 e. The monoisotopic (exact) mass is 325 g/mol. The number of amides is 1. The first-order valence-corrected chi connectivity index (χ1v) is 8.18. The van der Waals surface area contributed by atoms with Crippen LogP contribution in [0.4, 0.5) is 5.00 Å². The summed E-state index contributed by atoms with van der Waals surface area (Å²) in [6.45, 7) is 3.32. The number of ether oxygens (including phenoxy) is 2. The largest absolute Gasteiger partial charge is 0.462 e. The normalized spacial score (nSPS) is 13.5. The summed E-state index contributed by atoms with van der Waals surface area (Å²) in [6, 6.07) is 0. The standard InChI is InChI=1S/C15H19NO5S/c1-3-12(18)21-7-11(17)16-14-13(15(19)20-4-2)10(8-22-14)9-5-6-9/h8-9H,3-7H2,1-2H3,(H,16,17). The second-order valence-electron chi connectivity index (χ2n) is 4.95. The average molecular weight is 325 g/mol. The molecule has 0 spiro atoms. The van der Waals surface area contributed by atoms with E-state index in [0.29, 0.717) is 16.5 Å². The van der Waals surface area contributed by atoms with Crippen molar-refractivity contribution in [3.63, 3.8) is 0 Å². The van der Waals surface area contributed by atoms with Crippen molar-refractivity contribution in [1.82, 2.24) is 0 Å². The van der Waals surface area contributed by atoms with Gasteiger partial charge in [0.1, 0.15) is 5.00 Å². The molecule has 1 aliphatic rings. The van der Waals surface area contributed by atoms with Gasteiger partial charge in [0.2, 0.25) is 0 Å². The van der Waals surface area contributed by atoms with E-state index >= 15 is 0 Å². The predicted molar refractivity (Wildman–Crippen MR) is 82.1 cm³/mol. The molecule has 22 heavy (non-hydrogen) atoms. The highest BCUT2D eigenvalue weighted by Gasteiger charge is 2.32. The predicted octanol–water partition coefficient (Wildman–Crippen LogP) is 2.69. The molecular formula is C15H19NO5S. The quantitative estimate of drug-likeness (QED) is 0.780. The lowest BCUT2D eigenvalue weighted by Crippen LogP contribution is -2.21. The topological polar surface area (TPSA) is 81.7 Å². The van der Waals surface area contributed by atoms with Crippen molar-refractivity contribution >= 4 is 34.2 Å². The SMILES string of the molecule is CCOC(=O)c1c(C2CC2)csc1NC(=O)COC(=O)CC. The van der Waals surface area contributed by atoms with Crippen LogP contribution in [0, 0.1) is 0 Å². The van der Waals surface area contributed by atoms with E-state index in [4.69, 9.17) is 9.47 Å². The fraction of sp³-hybridized carbons (Fsp3) is 0.533. The minimum atomic E-state index is -0.462. The molecular weight excluding hydrogens is 306 g/mol. The fourth-order valence-electron chi connectivity index (χ4n) is 1.98. The molecule has 0 saturated heterocycles. The molecule has 6 nitrogen and oxygen atoms in total. The highest BCUT2D eigenvalue weighted by Crippen LogP contribution is 2.46. The first-order valence-electron chi connectivity index (χ1n) is 7.30. The summed E-state index contributed by atoms with van der Waals surface area (Å²) < 4.78 is 9.85. The van der Waals surface area contributed by atoms with Crippen molar-refractivity contribution in [3.05, 3.63) is 16.5 Å². The van der Waals surface area contributed by atoms with Gasteiger partial charge in [0, 0.05) is 6.42 Å². The van der Waals surface area contributed by atoms with E-state index < -0.39 is 17.8 Å². The van der Waals surface area contributed by atoms with Gasteiger partial charge in [-0.2, -0.15) is 0 Å². The highest BCUT2D eigenvalue weighted by molar-refractivity contribution is 7.15. The van der Waals surface area contributed by atoms with Gasteiger partial charge in [-0.25, -0.2) is 4.79 Å². The summed E-state index contributed by atoms with van der Waals surface area (Å²) in [5, 5.41) is 4.98. The van der Waals surface area contributed by atoms with Gasteiger partial charge in [-0.15, -0.1) is 11.3 Å². The Morgan fingerprint density at radius 2 is 2.00 bits per heavy atom. The average Bonchev–Trinajstić information content (AvgIpc) is 3.26. The Labute approximate surface area is 132 Å². The minimum absolute atomic E-state index is 0.214. The van der Waals surface area contributed by atoms with Gasteiger partial charge in [0.05, 0.1) is 12.2 Å². The Kier molecular flexibility index (Phi) is 5.54. The highest BCUT2D eigenvalue weighted by atomic mass is 32.1. The van der Waals surface area contributed by atoms with Crippen molar-refractivity contribution < 1.29 is 23.9 Å². The summed E-state index contributed by atoms with van der Waals surface area (Å²) >= 11 is 1.29. The van der Waals surface area contributed by atoms with E-state index in [-0.39, 0.29) is 19.6 Å². The third-order valence-corrected chi connectivity index (χ3v) is 4.14. The molecule has 0 aliphatic heterocycles. The van der Waals surface area contributed by atoms with Gasteiger partial charge in [0.15, 0.2) is 6.61 Å². The molecule has 1 fully saturated rings. The van der Waals surface area contributed by atoms with E-state index in [0.717, 1.165) is 18.4 Å². The number of hydrogen-bond acceptors (Lipinski definition) is 6. The van der Waals surface area contributed by atoms with Crippen molar-refractivity contribution in [2.45, 2.75) is 39.0 Å². The molecule has 1 aromatic heterocycles. The summed E-state index contributed by atoms with van der Waals surface area (Å²) in [4.78, 5) is 35.0. The third-order valence-electron chi connectivity index (χ3n) is 3.22. The van der Waals surface area contributed by atoms with Crippen LogP contribution < -0.4 is 5.32 Å². The van der Waals surface area contributed by atoms with E-state index in [9.17, 15) is 14.4 Å². The molecule has 1 saturated carbocycles. The van der Waals surface area contributed by atoms with Gasteiger partial charge >= 0.3 is 11.9 Å². The third kappa shape index (κ3) is 4.07. The Morgan fingerprint density at radius 3 is 2.59 bits per heavy atom. The minimum Gasteiger partial charge on any atom is -0.462 e. The van der Waals surface area contributed by atoms with Crippen LogP contribution in [0.2, 0.25) is 0 Å². The van der Waals surface area contributed by atoms with Crippen LogP contribution in [0.5, 0.6) is 0 Å². The molecule has 1 amide bonds. The second-order valence-corrected chi connectivity index (χ2v) is 5.83. The lowest BCUT2D eigenvalue weighted by molar-refractivity contribution is -0.146. The number of hydrogen-bond donors (Lipinski definition) is 1. The Balaban J connectivity index is 2.08. The van der Waals surface area contributed by atoms with E-state index in [2.05, 4.69) is 5.32 Å². The summed E-state index contributed by atoms with van der Waals surface area (Å²) in [6.07, 6.45) is 2.31. The first-order chi connectivity index (χ1) is 10.6. The molecule has 1 N–H and O–H groups in total. The number of esters is 2. The van der Waals surface area contributed by atoms with Crippen molar-refractivity contribution in [1.29, 1.82) is 0 Å². The number of rotatable bonds is 7.